The van der Waals surface area contributed by atoms with Crippen molar-refractivity contribution in [1.82, 2.24) is 0 Å². The summed E-state index contributed by atoms with van der Waals surface area (Å²) in [5.41, 5.74) is 5.52. The van der Waals surface area contributed by atoms with E-state index in [1.54, 1.807) is 0 Å². The first-order valence-electron chi connectivity index (χ1n) is 7.49. The summed E-state index contributed by atoms with van der Waals surface area (Å²) >= 11 is 0. The molecule has 0 radical (unpaired) electrons. The predicted molar refractivity (Wildman–Crippen MR) is 72.1 cm³/mol. The van der Waals surface area contributed by atoms with Crippen LogP contribution in [-0.2, 0) is 9.53 Å². The largest absolute Gasteiger partial charge is 0.461 e. The lowest BCUT2D eigenvalue weighted by Gasteiger charge is -2.36. The Morgan fingerprint density at radius 1 is 1.06 bits per heavy atom. The van der Waals surface area contributed by atoms with E-state index in [1.165, 1.54) is 12.8 Å². The molecule has 2 atom stereocenters. The van der Waals surface area contributed by atoms with Gasteiger partial charge in [0.2, 0.25) is 0 Å². The van der Waals surface area contributed by atoms with Crippen LogP contribution < -0.4 is 5.73 Å². The van der Waals surface area contributed by atoms with Gasteiger partial charge in [-0.05, 0) is 43.9 Å². The summed E-state index contributed by atoms with van der Waals surface area (Å²) in [6, 6.07) is 0. The summed E-state index contributed by atoms with van der Waals surface area (Å²) in [5, 5.41) is 0. The average Bonchev–Trinajstić information content (AvgIpc) is 2.28. The van der Waals surface area contributed by atoms with Gasteiger partial charge in [-0.3, -0.25) is 4.79 Å². The summed E-state index contributed by atoms with van der Waals surface area (Å²) in [6.45, 7) is 4.49. The van der Waals surface area contributed by atoms with Crippen LogP contribution in [0.1, 0.15) is 65.2 Å². The highest BCUT2D eigenvalue weighted by Gasteiger charge is 2.39. The van der Waals surface area contributed by atoms with Crippen molar-refractivity contribution in [3.63, 3.8) is 0 Å². The van der Waals surface area contributed by atoms with Crippen molar-refractivity contribution < 1.29 is 9.53 Å². The first-order valence-corrected chi connectivity index (χ1v) is 7.49. The van der Waals surface area contributed by atoms with Crippen LogP contribution in [0.2, 0.25) is 0 Å². The van der Waals surface area contributed by atoms with Gasteiger partial charge >= 0.3 is 5.97 Å². The summed E-state index contributed by atoms with van der Waals surface area (Å²) in [7, 11) is 0. The SMILES string of the molecule is CC1CC(C)CC(OC(=O)C2(N)CCCCC2)C1. The van der Waals surface area contributed by atoms with Gasteiger partial charge in [-0.2, -0.15) is 0 Å². The summed E-state index contributed by atoms with van der Waals surface area (Å²) in [4.78, 5) is 12.3. The third-order valence-electron chi connectivity index (χ3n) is 4.56. The molecule has 0 bridgehead atoms. The van der Waals surface area contributed by atoms with Crippen molar-refractivity contribution in [2.24, 2.45) is 17.6 Å². The minimum atomic E-state index is -0.692. The maximum atomic E-state index is 12.3. The zero-order valence-corrected chi connectivity index (χ0v) is 11.8. The van der Waals surface area contributed by atoms with E-state index in [4.69, 9.17) is 10.5 Å². The smallest absolute Gasteiger partial charge is 0.326 e. The van der Waals surface area contributed by atoms with Gasteiger partial charge in [0.05, 0.1) is 0 Å². The fraction of sp³-hybridized carbons (Fsp3) is 0.933. The lowest BCUT2D eigenvalue weighted by atomic mass is 9.80. The Balaban J connectivity index is 1.90. The van der Waals surface area contributed by atoms with E-state index < -0.39 is 5.54 Å². The van der Waals surface area contributed by atoms with Crippen molar-refractivity contribution in [2.75, 3.05) is 0 Å². The minimum Gasteiger partial charge on any atom is -0.461 e. The van der Waals surface area contributed by atoms with Gasteiger partial charge in [0.15, 0.2) is 0 Å². The molecule has 18 heavy (non-hydrogen) atoms. The number of carbonyl (C=O) groups excluding carboxylic acids is 1. The van der Waals surface area contributed by atoms with Crippen LogP contribution in [0.15, 0.2) is 0 Å². The fourth-order valence-corrected chi connectivity index (χ4v) is 3.62. The second kappa shape index (κ2) is 5.60. The molecule has 2 aliphatic carbocycles. The van der Waals surface area contributed by atoms with Gasteiger partial charge in [-0.25, -0.2) is 0 Å². The Hall–Kier alpha value is -0.570. The van der Waals surface area contributed by atoms with Crippen molar-refractivity contribution >= 4 is 5.97 Å². The van der Waals surface area contributed by atoms with Crippen molar-refractivity contribution in [1.29, 1.82) is 0 Å². The fourth-order valence-electron chi connectivity index (χ4n) is 3.62. The molecule has 3 nitrogen and oxygen atoms in total. The topological polar surface area (TPSA) is 52.3 Å². The second-order valence-corrected chi connectivity index (χ2v) is 6.66. The predicted octanol–water partition coefficient (Wildman–Crippen LogP) is 3.02. The van der Waals surface area contributed by atoms with Crippen LogP contribution in [0, 0.1) is 11.8 Å². The van der Waals surface area contributed by atoms with E-state index in [0.29, 0.717) is 11.8 Å². The number of nitrogens with two attached hydrogens (primary N) is 1. The first kappa shape index (κ1) is 13.9. The number of ether oxygens (including phenoxy) is 1. The average molecular weight is 253 g/mol. The van der Waals surface area contributed by atoms with Crippen LogP contribution in [0.3, 0.4) is 0 Å². The Morgan fingerprint density at radius 2 is 1.61 bits per heavy atom. The monoisotopic (exact) mass is 253 g/mol. The Kier molecular flexibility index (Phi) is 4.31. The highest BCUT2D eigenvalue weighted by molar-refractivity contribution is 5.80. The quantitative estimate of drug-likeness (QED) is 0.770. The number of carbonyl (C=O) groups is 1. The summed E-state index contributed by atoms with van der Waals surface area (Å²) in [6.07, 6.45) is 8.27. The molecule has 0 aliphatic heterocycles. The van der Waals surface area contributed by atoms with E-state index in [2.05, 4.69) is 13.8 Å². The molecule has 2 saturated carbocycles. The molecule has 0 spiro atoms. The van der Waals surface area contributed by atoms with Gasteiger partial charge in [0.1, 0.15) is 11.6 Å². The maximum absolute atomic E-state index is 12.3. The molecule has 3 heteroatoms. The summed E-state index contributed by atoms with van der Waals surface area (Å²) < 4.78 is 5.71. The zero-order chi connectivity index (χ0) is 13.2. The molecule has 0 heterocycles. The van der Waals surface area contributed by atoms with Crippen LogP contribution >= 0.6 is 0 Å². The molecule has 2 aliphatic rings. The molecule has 104 valence electrons. The van der Waals surface area contributed by atoms with Crippen LogP contribution in [0.4, 0.5) is 0 Å². The highest BCUT2D eigenvalue weighted by Crippen LogP contribution is 2.33. The van der Waals surface area contributed by atoms with E-state index >= 15 is 0 Å². The molecule has 2 N–H and O–H groups in total. The highest BCUT2D eigenvalue weighted by atomic mass is 16.5. The first-order chi connectivity index (χ1) is 8.49. The summed E-state index contributed by atoms with van der Waals surface area (Å²) in [5.74, 6) is 1.17. The van der Waals surface area contributed by atoms with Crippen molar-refractivity contribution in [3.05, 3.63) is 0 Å². The normalized spacial score (nSPS) is 36.1. The van der Waals surface area contributed by atoms with E-state index in [0.717, 1.165) is 38.5 Å². The van der Waals surface area contributed by atoms with Crippen LogP contribution in [0.5, 0.6) is 0 Å². The molecule has 0 amide bonds. The molecule has 0 aromatic heterocycles. The Labute approximate surface area is 110 Å². The lowest BCUT2D eigenvalue weighted by Crippen LogP contribution is -2.51. The molecule has 0 aromatic carbocycles. The molecular formula is C15H27NO2. The zero-order valence-electron chi connectivity index (χ0n) is 11.8. The van der Waals surface area contributed by atoms with Crippen LogP contribution in [-0.4, -0.2) is 17.6 Å². The molecule has 2 fully saturated rings. The number of hydrogen-bond acceptors (Lipinski definition) is 3. The molecule has 0 aromatic rings. The third-order valence-corrected chi connectivity index (χ3v) is 4.56. The minimum absolute atomic E-state index is 0.0959. The van der Waals surface area contributed by atoms with Gasteiger partial charge in [-0.1, -0.05) is 33.1 Å². The second-order valence-electron chi connectivity index (χ2n) is 6.66. The maximum Gasteiger partial charge on any atom is 0.326 e. The number of hydrogen-bond donors (Lipinski definition) is 1. The lowest BCUT2D eigenvalue weighted by molar-refractivity contribution is -0.160. The third kappa shape index (κ3) is 3.25. The van der Waals surface area contributed by atoms with E-state index in [1.807, 2.05) is 0 Å². The van der Waals surface area contributed by atoms with Gasteiger partial charge in [0.25, 0.3) is 0 Å². The molecule has 2 rings (SSSR count). The number of rotatable bonds is 2. The van der Waals surface area contributed by atoms with E-state index in [-0.39, 0.29) is 12.1 Å². The van der Waals surface area contributed by atoms with Crippen molar-refractivity contribution in [2.45, 2.75) is 76.9 Å². The van der Waals surface area contributed by atoms with Crippen molar-refractivity contribution in [3.8, 4) is 0 Å². The molecular weight excluding hydrogens is 226 g/mol. The Bertz CT molecular complexity index is 287. The molecule has 2 unspecified atom stereocenters. The van der Waals surface area contributed by atoms with Crippen LogP contribution in [0.25, 0.3) is 0 Å². The van der Waals surface area contributed by atoms with Gasteiger partial charge in [0, 0.05) is 0 Å². The molecule has 0 saturated heterocycles. The van der Waals surface area contributed by atoms with E-state index in [9.17, 15) is 4.79 Å². The number of esters is 1. The standard InChI is InChI=1S/C15H27NO2/c1-11-8-12(2)10-13(9-11)18-14(17)15(16)6-4-3-5-7-15/h11-13H,3-10,16H2,1-2H3. The Morgan fingerprint density at radius 3 is 2.17 bits per heavy atom. The van der Waals surface area contributed by atoms with Gasteiger partial charge in [-0.15, -0.1) is 0 Å². The van der Waals surface area contributed by atoms with Gasteiger partial charge < -0.3 is 10.5 Å².